The third-order valence-electron chi connectivity index (χ3n) is 3.48. The van der Waals surface area contributed by atoms with Crippen LogP contribution in [-0.4, -0.2) is 43.5 Å². The quantitative estimate of drug-likeness (QED) is 0.453. The van der Waals surface area contributed by atoms with Crippen LogP contribution in [0.5, 0.6) is 0 Å². The summed E-state index contributed by atoms with van der Waals surface area (Å²) >= 11 is 1.91. The average Bonchev–Trinajstić information content (AvgIpc) is 2.51. The fourth-order valence-corrected chi connectivity index (χ4v) is 2.68. The summed E-state index contributed by atoms with van der Waals surface area (Å²) < 4.78 is 0. The lowest BCUT2D eigenvalue weighted by atomic mass is 10.1. The molecule has 0 aliphatic heterocycles. The van der Waals surface area contributed by atoms with Crippen LogP contribution in [0.1, 0.15) is 30.9 Å². The SMILES string of the molecule is CCc1ccc(CN(C)C(=NC)NCCCCSC)cc1. The normalized spacial score (nSPS) is 11.5. The van der Waals surface area contributed by atoms with Crippen LogP contribution in [0.3, 0.4) is 0 Å². The summed E-state index contributed by atoms with van der Waals surface area (Å²) in [5.41, 5.74) is 2.71. The number of thioether (sulfide) groups is 1. The van der Waals surface area contributed by atoms with E-state index in [-0.39, 0.29) is 0 Å². The Hall–Kier alpha value is -1.16. The summed E-state index contributed by atoms with van der Waals surface area (Å²) in [4.78, 5) is 6.54. The third kappa shape index (κ3) is 6.89. The molecule has 0 aliphatic carbocycles. The van der Waals surface area contributed by atoms with Crippen molar-refractivity contribution < 1.29 is 0 Å². The van der Waals surface area contributed by atoms with Gasteiger partial charge in [0, 0.05) is 27.2 Å². The highest BCUT2D eigenvalue weighted by Crippen LogP contribution is 2.07. The van der Waals surface area contributed by atoms with Crippen LogP contribution in [0.4, 0.5) is 0 Å². The smallest absolute Gasteiger partial charge is 0.193 e. The van der Waals surface area contributed by atoms with E-state index in [1.165, 1.54) is 29.7 Å². The Labute approximate surface area is 134 Å². The second kappa shape index (κ2) is 10.6. The van der Waals surface area contributed by atoms with Gasteiger partial charge in [-0.15, -0.1) is 0 Å². The van der Waals surface area contributed by atoms with Crippen molar-refractivity contribution in [2.45, 2.75) is 32.7 Å². The number of hydrogen-bond donors (Lipinski definition) is 1. The highest BCUT2D eigenvalue weighted by atomic mass is 32.2. The van der Waals surface area contributed by atoms with Crippen LogP contribution in [0.15, 0.2) is 29.3 Å². The zero-order chi connectivity index (χ0) is 15.5. The molecular formula is C17H29N3S. The van der Waals surface area contributed by atoms with Gasteiger partial charge < -0.3 is 10.2 Å². The Morgan fingerprint density at radius 2 is 1.86 bits per heavy atom. The number of aryl methyl sites for hydroxylation is 1. The zero-order valence-corrected chi connectivity index (χ0v) is 14.7. The Morgan fingerprint density at radius 1 is 1.19 bits per heavy atom. The number of nitrogens with zero attached hydrogens (tertiary/aromatic N) is 2. The van der Waals surface area contributed by atoms with E-state index in [4.69, 9.17) is 0 Å². The maximum Gasteiger partial charge on any atom is 0.193 e. The molecule has 118 valence electrons. The molecule has 1 aromatic carbocycles. The molecule has 0 unspecified atom stereocenters. The molecule has 0 aromatic heterocycles. The van der Waals surface area contributed by atoms with Crippen molar-refractivity contribution in [3.8, 4) is 0 Å². The first-order chi connectivity index (χ1) is 10.2. The third-order valence-corrected chi connectivity index (χ3v) is 4.18. The van der Waals surface area contributed by atoms with Gasteiger partial charge in [0.05, 0.1) is 0 Å². The summed E-state index contributed by atoms with van der Waals surface area (Å²) in [6.07, 6.45) is 5.70. The van der Waals surface area contributed by atoms with Crippen molar-refractivity contribution in [1.82, 2.24) is 10.2 Å². The first kappa shape index (κ1) is 17.9. The van der Waals surface area contributed by atoms with Crippen molar-refractivity contribution in [3.63, 3.8) is 0 Å². The summed E-state index contributed by atoms with van der Waals surface area (Å²) in [6, 6.07) is 8.84. The lowest BCUT2D eigenvalue weighted by molar-refractivity contribution is 0.475. The lowest BCUT2D eigenvalue weighted by Gasteiger charge is -2.22. The van der Waals surface area contributed by atoms with Gasteiger partial charge in [-0.05, 0) is 42.4 Å². The minimum Gasteiger partial charge on any atom is -0.356 e. The van der Waals surface area contributed by atoms with E-state index < -0.39 is 0 Å². The Morgan fingerprint density at radius 3 is 2.43 bits per heavy atom. The number of guanidine groups is 1. The van der Waals surface area contributed by atoms with Crippen molar-refractivity contribution in [3.05, 3.63) is 35.4 Å². The molecule has 0 fully saturated rings. The Kier molecular flexibility index (Phi) is 8.99. The Bertz CT molecular complexity index is 415. The molecule has 0 radical (unpaired) electrons. The van der Waals surface area contributed by atoms with Crippen molar-refractivity contribution >= 4 is 17.7 Å². The molecule has 0 bridgehead atoms. The van der Waals surface area contributed by atoms with Crippen LogP contribution in [-0.2, 0) is 13.0 Å². The minimum absolute atomic E-state index is 0.883. The van der Waals surface area contributed by atoms with Gasteiger partial charge in [-0.1, -0.05) is 31.2 Å². The molecule has 21 heavy (non-hydrogen) atoms. The predicted molar refractivity (Wildman–Crippen MR) is 96.3 cm³/mol. The average molecular weight is 308 g/mol. The first-order valence-corrected chi connectivity index (χ1v) is 9.09. The Balaban J connectivity index is 2.41. The summed E-state index contributed by atoms with van der Waals surface area (Å²) in [7, 11) is 3.94. The molecule has 0 amide bonds. The van der Waals surface area contributed by atoms with Gasteiger partial charge >= 0.3 is 0 Å². The van der Waals surface area contributed by atoms with E-state index >= 15 is 0 Å². The van der Waals surface area contributed by atoms with E-state index in [0.29, 0.717) is 0 Å². The van der Waals surface area contributed by atoms with E-state index in [0.717, 1.165) is 25.5 Å². The molecule has 4 heteroatoms. The molecule has 3 nitrogen and oxygen atoms in total. The summed E-state index contributed by atoms with van der Waals surface area (Å²) in [5.74, 6) is 2.21. The van der Waals surface area contributed by atoms with Gasteiger partial charge in [0.25, 0.3) is 0 Å². The van der Waals surface area contributed by atoms with Crippen molar-refractivity contribution in [2.24, 2.45) is 4.99 Å². The van der Waals surface area contributed by atoms with E-state index in [2.05, 4.69) is 59.7 Å². The second-order valence-electron chi connectivity index (χ2n) is 5.20. The van der Waals surface area contributed by atoms with Crippen LogP contribution < -0.4 is 5.32 Å². The van der Waals surface area contributed by atoms with Gasteiger partial charge in [0.15, 0.2) is 5.96 Å². The molecular weight excluding hydrogens is 278 g/mol. The molecule has 1 aromatic rings. The van der Waals surface area contributed by atoms with E-state index in [9.17, 15) is 0 Å². The summed E-state index contributed by atoms with van der Waals surface area (Å²) in [6.45, 7) is 4.06. The highest BCUT2D eigenvalue weighted by molar-refractivity contribution is 7.98. The molecule has 0 saturated carbocycles. The van der Waals surface area contributed by atoms with Crippen LogP contribution in [0.2, 0.25) is 0 Å². The van der Waals surface area contributed by atoms with Crippen LogP contribution >= 0.6 is 11.8 Å². The van der Waals surface area contributed by atoms with E-state index in [1.54, 1.807) is 0 Å². The zero-order valence-electron chi connectivity index (χ0n) is 13.9. The van der Waals surface area contributed by atoms with Gasteiger partial charge in [0.1, 0.15) is 0 Å². The summed E-state index contributed by atoms with van der Waals surface area (Å²) in [5, 5.41) is 3.44. The molecule has 1 N–H and O–H groups in total. The first-order valence-electron chi connectivity index (χ1n) is 7.69. The number of benzene rings is 1. The fraction of sp³-hybridized carbons (Fsp3) is 0.588. The molecule has 0 heterocycles. The molecule has 0 spiro atoms. The largest absolute Gasteiger partial charge is 0.356 e. The topological polar surface area (TPSA) is 27.6 Å². The van der Waals surface area contributed by atoms with E-state index in [1.807, 2.05) is 18.8 Å². The number of hydrogen-bond acceptors (Lipinski definition) is 2. The standard InChI is InChI=1S/C17H29N3S/c1-5-15-8-10-16(11-9-15)14-20(3)17(18-2)19-12-6-7-13-21-4/h8-11H,5-7,12-14H2,1-4H3,(H,18,19). The van der Waals surface area contributed by atoms with Crippen molar-refractivity contribution in [1.29, 1.82) is 0 Å². The van der Waals surface area contributed by atoms with Gasteiger partial charge in [0.2, 0.25) is 0 Å². The number of nitrogens with one attached hydrogen (secondary N) is 1. The number of rotatable bonds is 8. The second-order valence-corrected chi connectivity index (χ2v) is 6.19. The minimum atomic E-state index is 0.883. The molecule has 0 aliphatic rings. The van der Waals surface area contributed by atoms with Crippen molar-refractivity contribution in [2.75, 3.05) is 32.6 Å². The maximum atomic E-state index is 4.36. The number of aliphatic imine (C=N–C) groups is 1. The van der Waals surface area contributed by atoms with Gasteiger partial charge in [-0.25, -0.2) is 0 Å². The predicted octanol–water partition coefficient (Wildman–Crippen LogP) is 3.40. The van der Waals surface area contributed by atoms with Crippen LogP contribution in [0.25, 0.3) is 0 Å². The fourth-order valence-electron chi connectivity index (χ4n) is 2.19. The number of unbranched alkanes of at least 4 members (excludes halogenated alkanes) is 1. The monoisotopic (exact) mass is 307 g/mol. The molecule has 1 rings (SSSR count). The molecule has 0 atom stereocenters. The highest BCUT2D eigenvalue weighted by Gasteiger charge is 2.06. The van der Waals surface area contributed by atoms with Gasteiger partial charge in [-0.3, -0.25) is 4.99 Å². The van der Waals surface area contributed by atoms with Gasteiger partial charge in [-0.2, -0.15) is 11.8 Å². The lowest BCUT2D eigenvalue weighted by Crippen LogP contribution is -2.38. The molecule has 0 saturated heterocycles. The van der Waals surface area contributed by atoms with Crippen LogP contribution in [0, 0.1) is 0 Å². The maximum absolute atomic E-state index is 4.36.